The van der Waals surface area contributed by atoms with Gasteiger partial charge in [0.15, 0.2) is 0 Å². The number of ether oxygens (including phenoxy) is 2. The third-order valence-corrected chi connectivity index (χ3v) is 5.40. The van der Waals surface area contributed by atoms with Gasteiger partial charge in [0.25, 0.3) is 0 Å². The fraction of sp³-hybridized carbons (Fsp3) is 0.609. The van der Waals surface area contributed by atoms with Crippen LogP contribution in [-0.4, -0.2) is 67.6 Å². The maximum Gasteiger partial charge on any atom is 0.321 e. The number of hydrogen-bond acceptors (Lipinski definition) is 5. The highest BCUT2D eigenvalue weighted by molar-refractivity contribution is 5.89. The van der Waals surface area contributed by atoms with E-state index < -0.39 is 0 Å². The van der Waals surface area contributed by atoms with Crippen molar-refractivity contribution in [2.75, 3.05) is 45.2 Å². The zero-order valence-corrected chi connectivity index (χ0v) is 18.9. The minimum atomic E-state index is -0.257. The molecule has 0 spiro atoms. The Balaban J connectivity index is 1.91. The molecule has 1 atom stereocenters. The highest BCUT2D eigenvalue weighted by Crippen LogP contribution is 2.19. The van der Waals surface area contributed by atoms with Crippen molar-refractivity contribution in [3.8, 4) is 5.75 Å². The Morgan fingerprint density at radius 2 is 1.90 bits per heavy atom. The standard InChI is InChI=1S/C23H35N3O5/c1-4-6-14-25(23(29)24-19-9-11-20(30-3)12-10-19)16-13-21(27)26-15-7-8-18(17-26)22(28)31-5-2/h9-12,18H,4-8,13-17H2,1-3H3,(H,24,29). The summed E-state index contributed by atoms with van der Waals surface area (Å²) in [6.07, 6.45) is 3.57. The van der Waals surface area contributed by atoms with Crippen LogP contribution >= 0.6 is 0 Å². The van der Waals surface area contributed by atoms with Crippen LogP contribution in [0.4, 0.5) is 10.5 Å². The number of unbranched alkanes of at least 4 members (excludes halogenated alkanes) is 1. The van der Waals surface area contributed by atoms with Gasteiger partial charge < -0.3 is 24.6 Å². The van der Waals surface area contributed by atoms with E-state index in [1.54, 1.807) is 48.1 Å². The first-order valence-corrected chi connectivity index (χ1v) is 11.1. The smallest absolute Gasteiger partial charge is 0.321 e. The molecule has 1 N–H and O–H groups in total. The first-order valence-electron chi connectivity index (χ1n) is 11.1. The predicted molar refractivity (Wildman–Crippen MR) is 119 cm³/mol. The quantitative estimate of drug-likeness (QED) is 0.571. The van der Waals surface area contributed by atoms with E-state index in [9.17, 15) is 14.4 Å². The van der Waals surface area contributed by atoms with E-state index in [1.165, 1.54) is 0 Å². The van der Waals surface area contributed by atoms with Crippen molar-refractivity contribution in [1.29, 1.82) is 0 Å². The third-order valence-electron chi connectivity index (χ3n) is 5.40. The van der Waals surface area contributed by atoms with Gasteiger partial charge in [0.1, 0.15) is 5.75 Å². The zero-order chi connectivity index (χ0) is 22.6. The van der Waals surface area contributed by atoms with E-state index >= 15 is 0 Å². The number of esters is 1. The molecule has 1 saturated heterocycles. The largest absolute Gasteiger partial charge is 0.497 e. The van der Waals surface area contributed by atoms with Crippen LogP contribution in [0, 0.1) is 5.92 Å². The zero-order valence-electron chi connectivity index (χ0n) is 18.9. The lowest BCUT2D eigenvalue weighted by Gasteiger charge is -2.32. The van der Waals surface area contributed by atoms with Crippen LogP contribution in [0.5, 0.6) is 5.75 Å². The van der Waals surface area contributed by atoms with Crippen molar-refractivity contribution >= 4 is 23.6 Å². The van der Waals surface area contributed by atoms with Crippen LogP contribution in [-0.2, 0) is 14.3 Å². The van der Waals surface area contributed by atoms with Gasteiger partial charge in [-0.3, -0.25) is 9.59 Å². The van der Waals surface area contributed by atoms with E-state index in [0.717, 1.165) is 25.7 Å². The van der Waals surface area contributed by atoms with Gasteiger partial charge in [-0.1, -0.05) is 13.3 Å². The number of anilines is 1. The summed E-state index contributed by atoms with van der Waals surface area (Å²) in [6, 6.07) is 6.90. The summed E-state index contributed by atoms with van der Waals surface area (Å²) < 4.78 is 10.2. The number of urea groups is 1. The number of likely N-dealkylation sites (tertiary alicyclic amines) is 1. The molecule has 31 heavy (non-hydrogen) atoms. The molecule has 2 rings (SSSR count). The Bertz CT molecular complexity index is 722. The van der Waals surface area contributed by atoms with Crippen LogP contribution in [0.1, 0.15) is 46.0 Å². The molecule has 1 heterocycles. The summed E-state index contributed by atoms with van der Waals surface area (Å²) in [5.41, 5.74) is 0.673. The second kappa shape index (κ2) is 12.8. The van der Waals surface area contributed by atoms with Gasteiger partial charge in [0.2, 0.25) is 5.91 Å². The van der Waals surface area contributed by atoms with Crippen LogP contribution in [0.3, 0.4) is 0 Å². The number of carbonyl (C=O) groups excluding carboxylic acids is 3. The average Bonchev–Trinajstić information content (AvgIpc) is 2.79. The molecular formula is C23H35N3O5. The average molecular weight is 434 g/mol. The molecule has 0 aromatic heterocycles. The molecule has 1 unspecified atom stereocenters. The van der Waals surface area contributed by atoms with Gasteiger partial charge in [-0.2, -0.15) is 0 Å². The fourth-order valence-corrected chi connectivity index (χ4v) is 3.59. The molecule has 1 aliphatic heterocycles. The second-order valence-corrected chi connectivity index (χ2v) is 7.68. The normalized spacial score (nSPS) is 15.8. The SMILES string of the molecule is CCCCN(CCC(=O)N1CCCC(C(=O)OCC)C1)C(=O)Nc1ccc(OC)cc1. The molecule has 1 fully saturated rings. The summed E-state index contributed by atoms with van der Waals surface area (Å²) >= 11 is 0. The number of rotatable bonds is 10. The van der Waals surface area contributed by atoms with E-state index in [-0.39, 0.29) is 30.2 Å². The Morgan fingerprint density at radius 3 is 2.55 bits per heavy atom. The number of piperidine rings is 1. The molecule has 8 nitrogen and oxygen atoms in total. The van der Waals surface area contributed by atoms with Crippen LogP contribution < -0.4 is 10.1 Å². The number of methoxy groups -OCH3 is 1. The van der Waals surface area contributed by atoms with Crippen LogP contribution in [0.15, 0.2) is 24.3 Å². The molecule has 1 aliphatic rings. The number of carbonyl (C=O) groups is 3. The number of amides is 3. The summed E-state index contributed by atoms with van der Waals surface area (Å²) in [5, 5.41) is 2.89. The molecule has 8 heteroatoms. The van der Waals surface area contributed by atoms with Crippen molar-refractivity contribution in [2.24, 2.45) is 5.92 Å². The van der Waals surface area contributed by atoms with Gasteiger partial charge in [-0.05, 0) is 50.5 Å². The minimum Gasteiger partial charge on any atom is -0.497 e. The van der Waals surface area contributed by atoms with Gasteiger partial charge in [-0.15, -0.1) is 0 Å². The summed E-state index contributed by atoms with van der Waals surface area (Å²) in [4.78, 5) is 41.0. The summed E-state index contributed by atoms with van der Waals surface area (Å²) in [7, 11) is 1.59. The molecule has 172 valence electrons. The first kappa shape index (κ1) is 24.5. The van der Waals surface area contributed by atoms with E-state index in [0.29, 0.717) is 44.2 Å². The maximum absolute atomic E-state index is 12.8. The summed E-state index contributed by atoms with van der Waals surface area (Å²) in [6.45, 7) is 6.14. The van der Waals surface area contributed by atoms with Crippen molar-refractivity contribution in [2.45, 2.75) is 46.0 Å². The molecule has 1 aromatic rings. The van der Waals surface area contributed by atoms with Gasteiger partial charge >= 0.3 is 12.0 Å². The van der Waals surface area contributed by atoms with Crippen molar-refractivity contribution in [1.82, 2.24) is 9.80 Å². The summed E-state index contributed by atoms with van der Waals surface area (Å²) in [5.74, 6) is 0.192. The van der Waals surface area contributed by atoms with E-state index in [1.807, 2.05) is 0 Å². The lowest BCUT2D eigenvalue weighted by Crippen LogP contribution is -2.44. The molecule has 0 aliphatic carbocycles. The molecular weight excluding hydrogens is 398 g/mol. The fourth-order valence-electron chi connectivity index (χ4n) is 3.59. The van der Waals surface area contributed by atoms with Gasteiger partial charge in [-0.25, -0.2) is 4.79 Å². The second-order valence-electron chi connectivity index (χ2n) is 7.68. The minimum absolute atomic E-state index is 0.0345. The molecule has 0 bridgehead atoms. The maximum atomic E-state index is 12.8. The van der Waals surface area contributed by atoms with E-state index in [4.69, 9.17) is 9.47 Å². The van der Waals surface area contributed by atoms with Gasteiger partial charge in [0.05, 0.1) is 19.6 Å². The molecule has 0 saturated carbocycles. The molecule has 1 aromatic carbocycles. The Kier molecular flexibility index (Phi) is 10.1. The van der Waals surface area contributed by atoms with Crippen LogP contribution in [0.2, 0.25) is 0 Å². The Hall–Kier alpha value is -2.77. The van der Waals surface area contributed by atoms with Crippen molar-refractivity contribution in [3.05, 3.63) is 24.3 Å². The van der Waals surface area contributed by atoms with Crippen molar-refractivity contribution in [3.63, 3.8) is 0 Å². The lowest BCUT2D eigenvalue weighted by molar-refractivity contribution is -0.151. The lowest BCUT2D eigenvalue weighted by atomic mass is 9.98. The van der Waals surface area contributed by atoms with Crippen molar-refractivity contribution < 1.29 is 23.9 Å². The van der Waals surface area contributed by atoms with E-state index in [2.05, 4.69) is 12.2 Å². The first-order chi connectivity index (χ1) is 15.0. The predicted octanol–water partition coefficient (Wildman–Crippen LogP) is 3.52. The number of benzene rings is 1. The number of nitrogens with zero attached hydrogens (tertiary/aromatic N) is 2. The highest BCUT2D eigenvalue weighted by atomic mass is 16.5. The number of nitrogens with one attached hydrogen (secondary N) is 1. The van der Waals surface area contributed by atoms with Gasteiger partial charge in [0, 0.05) is 38.3 Å². The monoisotopic (exact) mass is 433 g/mol. The topological polar surface area (TPSA) is 88.2 Å². The number of hydrogen-bond donors (Lipinski definition) is 1. The molecule has 0 radical (unpaired) electrons. The Labute approximate surface area is 184 Å². The highest BCUT2D eigenvalue weighted by Gasteiger charge is 2.29. The molecule has 3 amide bonds. The van der Waals surface area contributed by atoms with Crippen LogP contribution in [0.25, 0.3) is 0 Å². The third kappa shape index (κ3) is 7.77. The Morgan fingerprint density at radius 1 is 1.16 bits per heavy atom.